The largest absolute Gasteiger partial charge is 0.497 e. The first-order chi connectivity index (χ1) is 21.3. The monoisotopic (exact) mass is 633 g/mol. The highest BCUT2D eigenvalue weighted by Crippen LogP contribution is 2.40. The van der Waals surface area contributed by atoms with E-state index in [0.29, 0.717) is 21.5 Å². The van der Waals surface area contributed by atoms with Gasteiger partial charge in [0.05, 0.1) is 37.5 Å². The van der Waals surface area contributed by atoms with Crippen LogP contribution < -0.4 is 15.4 Å². The molecule has 230 valence electrons. The van der Waals surface area contributed by atoms with Gasteiger partial charge < -0.3 is 20.1 Å². The van der Waals surface area contributed by atoms with Gasteiger partial charge in [-0.25, -0.2) is 4.79 Å². The number of fused-ring (bicyclic) bond motifs is 1. The van der Waals surface area contributed by atoms with Crippen molar-refractivity contribution in [3.63, 3.8) is 0 Å². The van der Waals surface area contributed by atoms with Gasteiger partial charge in [0.25, 0.3) is 0 Å². The van der Waals surface area contributed by atoms with E-state index >= 15 is 0 Å². The van der Waals surface area contributed by atoms with Crippen LogP contribution in [0.25, 0.3) is 5.69 Å². The van der Waals surface area contributed by atoms with Crippen molar-refractivity contribution in [2.24, 2.45) is 0 Å². The number of carbonyl (C=O) groups is 3. The minimum absolute atomic E-state index is 0.153. The Morgan fingerprint density at radius 2 is 1.91 bits per heavy atom. The summed E-state index contributed by atoms with van der Waals surface area (Å²) in [6.07, 6.45) is 2.90. The first kappa shape index (κ1) is 31.3. The number of rotatable bonds is 12. The molecule has 0 bridgehead atoms. The van der Waals surface area contributed by atoms with E-state index in [0.717, 1.165) is 52.3 Å². The summed E-state index contributed by atoms with van der Waals surface area (Å²) >= 11 is 2.71. The number of aryl methyl sites for hydroxylation is 2. The lowest BCUT2D eigenvalue weighted by Gasteiger charge is -2.15. The molecule has 2 aromatic heterocycles. The van der Waals surface area contributed by atoms with Gasteiger partial charge in [0, 0.05) is 10.6 Å². The normalized spacial score (nSPS) is 12.8. The van der Waals surface area contributed by atoms with Gasteiger partial charge in [-0.2, -0.15) is 0 Å². The Labute approximate surface area is 264 Å². The van der Waals surface area contributed by atoms with Gasteiger partial charge in [0.2, 0.25) is 11.8 Å². The van der Waals surface area contributed by atoms with Gasteiger partial charge in [-0.15, -0.1) is 21.5 Å². The zero-order valence-electron chi connectivity index (χ0n) is 25.1. The van der Waals surface area contributed by atoms with Crippen molar-refractivity contribution in [1.82, 2.24) is 20.1 Å². The van der Waals surface area contributed by atoms with Crippen LogP contribution in [0, 0.1) is 6.92 Å². The topological polar surface area (TPSA) is 124 Å². The van der Waals surface area contributed by atoms with Crippen LogP contribution in [-0.2, 0) is 40.1 Å². The molecule has 2 amide bonds. The summed E-state index contributed by atoms with van der Waals surface area (Å²) in [5.74, 6) is 0.449. The van der Waals surface area contributed by atoms with E-state index in [-0.39, 0.29) is 31.4 Å². The number of hydrogen-bond donors (Lipinski definition) is 2. The Morgan fingerprint density at radius 1 is 1.11 bits per heavy atom. The maximum atomic E-state index is 13.4. The Morgan fingerprint density at radius 3 is 2.64 bits per heavy atom. The molecule has 1 atom stereocenters. The Balaban J connectivity index is 1.32. The Bertz CT molecular complexity index is 1660. The number of anilines is 1. The standard InChI is InChI=1S/C32H35N5O5S2/c1-5-42-31(40)28-24-10-7-11-25(24)44-30(28)34-29(39)20(3)43-32-36-35-26(37(32)22-9-6-8-19(2)16-22)18-33-27(38)17-21-12-14-23(41-4)15-13-21/h6,8-9,12-16,20H,5,7,10-11,17-18H2,1-4H3,(H,33,38)(H,34,39)/t20-/m1/s1. The number of aromatic nitrogens is 3. The van der Waals surface area contributed by atoms with Gasteiger partial charge in [-0.05, 0) is 81.0 Å². The molecule has 0 radical (unpaired) electrons. The van der Waals surface area contributed by atoms with Crippen molar-refractivity contribution in [2.45, 2.75) is 63.4 Å². The highest BCUT2D eigenvalue weighted by atomic mass is 32.2. The second kappa shape index (κ2) is 14.1. The first-order valence-electron chi connectivity index (χ1n) is 14.5. The molecule has 5 rings (SSSR count). The van der Waals surface area contributed by atoms with Crippen molar-refractivity contribution < 1.29 is 23.9 Å². The average molecular weight is 634 g/mol. The Kier molecular flexibility index (Phi) is 10.0. The maximum absolute atomic E-state index is 13.4. The molecular weight excluding hydrogens is 599 g/mol. The predicted octanol–water partition coefficient (Wildman–Crippen LogP) is 5.29. The van der Waals surface area contributed by atoms with E-state index in [1.807, 2.05) is 60.0 Å². The van der Waals surface area contributed by atoms with E-state index in [1.54, 1.807) is 21.0 Å². The summed E-state index contributed by atoms with van der Waals surface area (Å²) in [6.45, 7) is 5.97. The minimum atomic E-state index is -0.563. The highest BCUT2D eigenvalue weighted by Gasteiger charge is 2.30. The number of nitrogens with zero attached hydrogens (tertiary/aromatic N) is 3. The second-order valence-electron chi connectivity index (χ2n) is 10.4. The Hall–Kier alpha value is -4.16. The zero-order valence-corrected chi connectivity index (χ0v) is 26.8. The van der Waals surface area contributed by atoms with Crippen LogP contribution in [0.1, 0.15) is 58.0 Å². The van der Waals surface area contributed by atoms with Crippen molar-refractivity contribution >= 4 is 45.9 Å². The fourth-order valence-corrected chi connectivity index (χ4v) is 7.19. The average Bonchev–Trinajstić information content (AvgIpc) is 3.71. The molecule has 2 N–H and O–H groups in total. The third-order valence-corrected chi connectivity index (χ3v) is 9.47. The maximum Gasteiger partial charge on any atom is 0.341 e. The summed E-state index contributed by atoms with van der Waals surface area (Å²) in [6, 6.07) is 15.2. The zero-order chi connectivity index (χ0) is 31.2. The lowest BCUT2D eigenvalue weighted by molar-refractivity contribution is -0.120. The molecule has 0 unspecified atom stereocenters. The molecule has 12 heteroatoms. The number of nitrogens with one attached hydrogen (secondary N) is 2. The van der Waals surface area contributed by atoms with Gasteiger partial charge in [0.15, 0.2) is 11.0 Å². The number of benzene rings is 2. The van der Waals surface area contributed by atoms with E-state index in [2.05, 4.69) is 20.8 Å². The number of carbonyl (C=O) groups excluding carboxylic acids is 3. The predicted molar refractivity (Wildman–Crippen MR) is 171 cm³/mol. The van der Waals surface area contributed by atoms with Gasteiger partial charge in [0.1, 0.15) is 10.8 Å². The van der Waals surface area contributed by atoms with E-state index in [1.165, 1.54) is 23.1 Å². The lowest BCUT2D eigenvalue weighted by atomic mass is 10.1. The fourth-order valence-electron chi connectivity index (χ4n) is 5.02. The van der Waals surface area contributed by atoms with Gasteiger partial charge in [-0.3, -0.25) is 14.2 Å². The van der Waals surface area contributed by atoms with E-state index < -0.39 is 11.2 Å². The summed E-state index contributed by atoms with van der Waals surface area (Å²) in [5, 5.41) is 15.2. The highest BCUT2D eigenvalue weighted by molar-refractivity contribution is 8.00. The number of esters is 1. The van der Waals surface area contributed by atoms with Crippen molar-refractivity contribution in [3.8, 4) is 11.4 Å². The molecule has 1 aliphatic carbocycles. The molecular formula is C32H35N5O5S2. The lowest BCUT2D eigenvalue weighted by Crippen LogP contribution is -2.26. The minimum Gasteiger partial charge on any atom is -0.497 e. The summed E-state index contributed by atoms with van der Waals surface area (Å²) in [5.41, 5.74) is 4.20. The van der Waals surface area contributed by atoms with Crippen LogP contribution in [0.5, 0.6) is 5.75 Å². The van der Waals surface area contributed by atoms with Crippen molar-refractivity contribution in [3.05, 3.63) is 81.5 Å². The number of thiophene rings is 1. The van der Waals surface area contributed by atoms with Crippen LogP contribution >= 0.6 is 23.1 Å². The number of hydrogen-bond acceptors (Lipinski definition) is 9. The molecule has 2 heterocycles. The molecule has 10 nitrogen and oxygen atoms in total. The number of ether oxygens (including phenoxy) is 2. The third kappa shape index (κ3) is 7.13. The van der Waals surface area contributed by atoms with E-state index in [4.69, 9.17) is 9.47 Å². The summed E-state index contributed by atoms with van der Waals surface area (Å²) in [7, 11) is 1.60. The van der Waals surface area contributed by atoms with Crippen LogP contribution in [0.3, 0.4) is 0 Å². The van der Waals surface area contributed by atoms with Gasteiger partial charge in [-0.1, -0.05) is 36.0 Å². The van der Waals surface area contributed by atoms with Gasteiger partial charge >= 0.3 is 5.97 Å². The van der Waals surface area contributed by atoms with Crippen molar-refractivity contribution in [2.75, 3.05) is 19.0 Å². The molecule has 4 aromatic rings. The van der Waals surface area contributed by atoms with Crippen molar-refractivity contribution in [1.29, 1.82) is 0 Å². The van der Waals surface area contributed by atoms with Crippen LogP contribution in [0.15, 0.2) is 53.7 Å². The number of amides is 2. The molecule has 2 aromatic carbocycles. The first-order valence-corrected chi connectivity index (χ1v) is 16.2. The fraction of sp³-hybridized carbons (Fsp3) is 0.344. The smallest absolute Gasteiger partial charge is 0.341 e. The quantitative estimate of drug-likeness (QED) is 0.159. The molecule has 0 saturated carbocycles. The summed E-state index contributed by atoms with van der Waals surface area (Å²) in [4.78, 5) is 40.1. The summed E-state index contributed by atoms with van der Waals surface area (Å²) < 4.78 is 12.4. The number of thioether (sulfide) groups is 1. The molecule has 0 spiro atoms. The molecule has 0 aliphatic heterocycles. The van der Waals surface area contributed by atoms with E-state index in [9.17, 15) is 14.4 Å². The second-order valence-corrected chi connectivity index (χ2v) is 12.8. The third-order valence-electron chi connectivity index (χ3n) is 7.22. The molecule has 0 saturated heterocycles. The molecule has 44 heavy (non-hydrogen) atoms. The number of methoxy groups -OCH3 is 1. The SMILES string of the molecule is CCOC(=O)c1c(NC(=O)[C@@H](C)Sc2nnc(CNC(=O)Cc3ccc(OC)cc3)n2-c2cccc(C)c2)sc2c1CCC2. The van der Waals surface area contributed by atoms with Crippen LogP contribution in [0.2, 0.25) is 0 Å². The van der Waals surface area contributed by atoms with Crippen LogP contribution in [-0.4, -0.2) is 51.5 Å². The van der Waals surface area contributed by atoms with Crippen LogP contribution in [0.4, 0.5) is 5.00 Å². The molecule has 1 aliphatic rings. The molecule has 0 fully saturated rings.